The highest BCUT2D eigenvalue weighted by molar-refractivity contribution is 8.18. The number of rotatable bonds is 6. The van der Waals surface area contributed by atoms with Crippen molar-refractivity contribution in [3.63, 3.8) is 0 Å². The van der Waals surface area contributed by atoms with Gasteiger partial charge in [-0.1, -0.05) is 77.4 Å². The Kier molecular flexibility index (Phi) is 7.42. The molecule has 1 aromatic heterocycles. The van der Waals surface area contributed by atoms with Gasteiger partial charge in [0.2, 0.25) is 0 Å². The van der Waals surface area contributed by atoms with Crippen LogP contribution in [0.15, 0.2) is 100 Å². The molecule has 5 nitrogen and oxygen atoms in total. The maximum Gasteiger partial charge on any atom is 0.344 e. The number of aliphatic hydroxyl groups is 1. The van der Waals surface area contributed by atoms with Crippen LogP contribution in [0.2, 0.25) is 10.0 Å². The Hall–Kier alpha value is -3.45. The SMILES string of the molecule is CCOC(=O)C1=C(O)/C(=C/c2cn(Cc3ccc(Cl)c(Cl)c3)c3ccccc23)SC1=Nc1ccccc1. The van der Waals surface area contributed by atoms with Crippen molar-refractivity contribution in [3.05, 3.63) is 116 Å². The highest BCUT2D eigenvalue weighted by Gasteiger charge is 2.33. The topological polar surface area (TPSA) is 63.8 Å². The zero-order valence-electron chi connectivity index (χ0n) is 19.8. The quantitative estimate of drug-likeness (QED) is 0.246. The predicted octanol–water partition coefficient (Wildman–Crippen LogP) is 8.19. The summed E-state index contributed by atoms with van der Waals surface area (Å²) in [6.07, 6.45) is 3.89. The molecule has 0 spiro atoms. The van der Waals surface area contributed by atoms with E-state index >= 15 is 0 Å². The Balaban J connectivity index is 1.57. The van der Waals surface area contributed by atoms with Gasteiger partial charge in [0.05, 0.1) is 27.2 Å². The highest BCUT2D eigenvalue weighted by Crippen LogP contribution is 2.41. The number of para-hydroxylation sites is 2. The minimum Gasteiger partial charge on any atom is -0.506 e. The third-order valence-corrected chi connectivity index (χ3v) is 7.56. The summed E-state index contributed by atoms with van der Waals surface area (Å²) in [6, 6.07) is 22.9. The summed E-state index contributed by atoms with van der Waals surface area (Å²) in [6.45, 7) is 2.51. The number of aliphatic imine (C=N–C) groups is 1. The van der Waals surface area contributed by atoms with Crippen LogP contribution in [-0.2, 0) is 16.1 Å². The third-order valence-electron chi connectivity index (χ3n) is 5.80. The lowest BCUT2D eigenvalue weighted by Gasteiger charge is -2.06. The van der Waals surface area contributed by atoms with Crippen molar-refractivity contribution in [1.82, 2.24) is 4.57 Å². The maximum atomic E-state index is 12.7. The number of carbonyl (C=O) groups excluding carboxylic acids is 1. The van der Waals surface area contributed by atoms with Crippen LogP contribution in [-0.4, -0.2) is 27.3 Å². The van der Waals surface area contributed by atoms with E-state index in [1.807, 2.05) is 79.0 Å². The Morgan fingerprint density at radius 1 is 1.05 bits per heavy atom. The average Bonchev–Trinajstić information content (AvgIpc) is 3.39. The fourth-order valence-corrected chi connectivity index (χ4v) is 5.46. The van der Waals surface area contributed by atoms with Gasteiger partial charge in [0.25, 0.3) is 0 Å². The third kappa shape index (κ3) is 5.32. The lowest BCUT2D eigenvalue weighted by atomic mass is 10.1. The van der Waals surface area contributed by atoms with E-state index in [0.717, 1.165) is 22.0 Å². The van der Waals surface area contributed by atoms with Crippen molar-refractivity contribution in [1.29, 1.82) is 0 Å². The van der Waals surface area contributed by atoms with Gasteiger partial charge in [0, 0.05) is 29.2 Å². The maximum absolute atomic E-state index is 12.7. The largest absolute Gasteiger partial charge is 0.506 e. The second-order valence-corrected chi connectivity index (χ2v) is 10.1. The van der Waals surface area contributed by atoms with Gasteiger partial charge in [-0.15, -0.1) is 0 Å². The number of benzene rings is 3. The number of esters is 1. The molecule has 1 aliphatic rings. The summed E-state index contributed by atoms with van der Waals surface area (Å²) in [5, 5.41) is 13.5. The zero-order chi connectivity index (χ0) is 25.9. The molecule has 0 atom stereocenters. The minimum atomic E-state index is -0.604. The normalized spacial score (nSPS) is 15.8. The van der Waals surface area contributed by atoms with Crippen LogP contribution in [0.5, 0.6) is 0 Å². The van der Waals surface area contributed by atoms with Crippen LogP contribution in [0.3, 0.4) is 0 Å². The molecule has 0 aliphatic carbocycles. The Labute approximate surface area is 228 Å². The molecular formula is C29H22Cl2N2O3S. The van der Waals surface area contributed by atoms with E-state index in [2.05, 4.69) is 9.56 Å². The van der Waals surface area contributed by atoms with Crippen molar-refractivity contribution in [2.24, 2.45) is 4.99 Å². The molecule has 0 saturated heterocycles. The summed E-state index contributed by atoms with van der Waals surface area (Å²) < 4.78 is 7.34. The van der Waals surface area contributed by atoms with Crippen molar-refractivity contribution in [3.8, 4) is 0 Å². The second-order valence-electron chi connectivity index (χ2n) is 8.29. The highest BCUT2D eigenvalue weighted by atomic mass is 35.5. The molecule has 0 bridgehead atoms. The molecule has 0 unspecified atom stereocenters. The molecule has 2 heterocycles. The number of fused-ring (bicyclic) bond motifs is 1. The van der Waals surface area contributed by atoms with E-state index in [1.165, 1.54) is 11.8 Å². The summed E-state index contributed by atoms with van der Waals surface area (Å²) in [5.41, 5.74) is 3.68. The zero-order valence-corrected chi connectivity index (χ0v) is 22.1. The van der Waals surface area contributed by atoms with Crippen molar-refractivity contribution >= 4 is 68.6 Å². The first-order valence-corrected chi connectivity index (χ1v) is 13.2. The Bertz CT molecular complexity index is 1590. The lowest BCUT2D eigenvalue weighted by Crippen LogP contribution is -2.12. The van der Waals surface area contributed by atoms with Crippen molar-refractivity contribution in [2.75, 3.05) is 6.61 Å². The molecular weight excluding hydrogens is 527 g/mol. The Morgan fingerprint density at radius 3 is 2.57 bits per heavy atom. The smallest absolute Gasteiger partial charge is 0.344 e. The van der Waals surface area contributed by atoms with Crippen LogP contribution in [0.4, 0.5) is 5.69 Å². The first kappa shape index (κ1) is 25.2. The number of hydrogen-bond acceptors (Lipinski definition) is 5. The van der Waals surface area contributed by atoms with Crippen LogP contribution < -0.4 is 0 Å². The van der Waals surface area contributed by atoms with Gasteiger partial charge in [-0.3, -0.25) is 0 Å². The lowest BCUT2D eigenvalue weighted by molar-refractivity contribution is -0.138. The van der Waals surface area contributed by atoms with Crippen LogP contribution in [0.1, 0.15) is 18.1 Å². The number of aromatic nitrogens is 1. The number of aliphatic hydroxyl groups excluding tert-OH is 1. The van der Waals surface area contributed by atoms with Crippen LogP contribution >= 0.6 is 35.0 Å². The monoisotopic (exact) mass is 548 g/mol. The molecule has 186 valence electrons. The number of nitrogens with zero attached hydrogens (tertiary/aromatic N) is 2. The van der Waals surface area contributed by atoms with Gasteiger partial charge in [-0.2, -0.15) is 0 Å². The number of halogens is 2. The first-order chi connectivity index (χ1) is 17.9. The number of ether oxygens (including phenoxy) is 1. The predicted molar refractivity (Wildman–Crippen MR) is 153 cm³/mol. The van der Waals surface area contributed by atoms with E-state index in [-0.39, 0.29) is 17.9 Å². The molecule has 0 fully saturated rings. The number of hydrogen-bond donors (Lipinski definition) is 1. The van der Waals surface area contributed by atoms with Crippen molar-refractivity contribution in [2.45, 2.75) is 13.5 Å². The molecule has 1 aliphatic heterocycles. The fraction of sp³-hybridized carbons (Fsp3) is 0.103. The fourth-order valence-electron chi connectivity index (χ4n) is 4.11. The molecule has 1 N–H and O–H groups in total. The molecule has 0 amide bonds. The van der Waals surface area contributed by atoms with Gasteiger partial charge in [0.1, 0.15) is 16.4 Å². The van der Waals surface area contributed by atoms with Gasteiger partial charge in [0.15, 0.2) is 0 Å². The van der Waals surface area contributed by atoms with E-state index < -0.39 is 5.97 Å². The summed E-state index contributed by atoms with van der Waals surface area (Å²) in [4.78, 5) is 17.9. The van der Waals surface area contributed by atoms with E-state index in [4.69, 9.17) is 27.9 Å². The first-order valence-electron chi connectivity index (χ1n) is 11.6. The summed E-state index contributed by atoms with van der Waals surface area (Å²) >= 11 is 13.6. The van der Waals surface area contributed by atoms with Crippen LogP contribution in [0, 0.1) is 0 Å². The summed E-state index contributed by atoms with van der Waals surface area (Å²) in [5.74, 6) is -0.743. The Morgan fingerprint density at radius 2 is 1.81 bits per heavy atom. The number of carbonyl (C=O) groups is 1. The molecule has 8 heteroatoms. The molecule has 3 aromatic carbocycles. The number of thioether (sulfide) groups is 1. The van der Waals surface area contributed by atoms with Crippen LogP contribution in [0.25, 0.3) is 17.0 Å². The summed E-state index contributed by atoms with van der Waals surface area (Å²) in [7, 11) is 0. The van der Waals surface area contributed by atoms with Gasteiger partial charge < -0.3 is 14.4 Å². The van der Waals surface area contributed by atoms with Gasteiger partial charge in [-0.25, -0.2) is 9.79 Å². The van der Waals surface area contributed by atoms with E-state index in [9.17, 15) is 9.90 Å². The van der Waals surface area contributed by atoms with E-state index in [0.29, 0.717) is 32.2 Å². The molecule has 0 radical (unpaired) electrons. The second kappa shape index (κ2) is 10.9. The minimum absolute atomic E-state index is 0.0708. The molecule has 0 saturated carbocycles. The van der Waals surface area contributed by atoms with Crippen molar-refractivity contribution < 1.29 is 14.6 Å². The van der Waals surface area contributed by atoms with Gasteiger partial charge in [-0.05, 0) is 48.9 Å². The molecule has 37 heavy (non-hydrogen) atoms. The van der Waals surface area contributed by atoms with E-state index in [1.54, 1.807) is 13.0 Å². The standard InChI is InChI=1S/C29H22Cl2N2O3S/c1-2-36-29(35)26-27(34)25(37-28(26)32-20-8-4-3-5-9-20)15-19-17-33(24-11-7-6-10-21(19)24)16-18-12-13-22(30)23(31)14-18/h3-15,17,34H,2,16H2,1H3/b25-15-,32-28?. The van der Waals surface area contributed by atoms with Gasteiger partial charge >= 0.3 is 5.97 Å². The average molecular weight is 549 g/mol. The molecule has 5 rings (SSSR count). The molecule has 4 aromatic rings.